The molecule has 0 saturated carbocycles. The van der Waals surface area contributed by atoms with E-state index in [2.05, 4.69) is 0 Å². The van der Waals surface area contributed by atoms with E-state index in [1.54, 1.807) is 13.8 Å². The molecule has 0 radical (unpaired) electrons. The molecular weight excluding hydrogens is 200 g/mol. The Labute approximate surface area is 97.9 Å². The molecule has 1 rings (SSSR count). The van der Waals surface area contributed by atoms with Crippen LogP contribution in [0.5, 0.6) is 0 Å². The van der Waals surface area contributed by atoms with Gasteiger partial charge in [0.2, 0.25) is 0 Å². The van der Waals surface area contributed by atoms with Crippen molar-refractivity contribution in [2.45, 2.75) is 45.3 Å². The lowest BCUT2D eigenvalue weighted by molar-refractivity contribution is -0.147. The zero-order valence-electron chi connectivity index (χ0n) is 10.6. The molecular formula is C14H22O2. The van der Waals surface area contributed by atoms with Crippen LogP contribution in [0, 0.1) is 5.92 Å². The summed E-state index contributed by atoms with van der Waals surface area (Å²) in [4.78, 5) is 0. The lowest BCUT2D eigenvalue weighted by Gasteiger charge is -2.40. The first-order valence-corrected chi connectivity index (χ1v) is 5.77. The molecule has 1 atom stereocenters. The fourth-order valence-electron chi connectivity index (χ4n) is 2.03. The molecule has 2 heteroatoms. The fraction of sp³-hybridized carbons (Fsp3) is 0.571. The number of hydrogen-bond acceptors (Lipinski definition) is 2. The van der Waals surface area contributed by atoms with Crippen molar-refractivity contribution in [3.05, 3.63) is 35.9 Å². The average molecular weight is 222 g/mol. The van der Waals surface area contributed by atoms with Crippen molar-refractivity contribution in [1.29, 1.82) is 0 Å². The lowest BCUT2D eigenvalue weighted by atomic mass is 9.75. The zero-order valence-corrected chi connectivity index (χ0v) is 10.6. The van der Waals surface area contributed by atoms with Crippen molar-refractivity contribution < 1.29 is 10.2 Å². The molecule has 0 amide bonds. The first-order valence-electron chi connectivity index (χ1n) is 5.77. The SMILES string of the molecule is CC(C)C[C@](O)(c1ccccc1)C(C)(C)O. The molecule has 0 aliphatic heterocycles. The van der Waals surface area contributed by atoms with Gasteiger partial charge in [-0.05, 0) is 31.7 Å². The maximum absolute atomic E-state index is 10.7. The molecule has 2 N–H and O–H groups in total. The van der Waals surface area contributed by atoms with Gasteiger partial charge in [0, 0.05) is 0 Å². The number of hydrogen-bond donors (Lipinski definition) is 2. The molecule has 1 aromatic rings. The molecule has 0 bridgehead atoms. The summed E-state index contributed by atoms with van der Waals surface area (Å²) < 4.78 is 0. The highest BCUT2D eigenvalue weighted by Crippen LogP contribution is 2.38. The normalized spacial score (nSPS) is 16.2. The van der Waals surface area contributed by atoms with E-state index >= 15 is 0 Å². The molecule has 0 saturated heterocycles. The van der Waals surface area contributed by atoms with E-state index in [1.807, 2.05) is 44.2 Å². The summed E-state index contributed by atoms with van der Waals surface area (Å²) in [7, 11) is 0. The van der Waals surface area contributed by atoms with Crippen molar-refractivity contribution in [2.24, 2.45) is 5.92 Å². The van der Waals surface area contributed by atoms with Crippen molar-refractivity contribution in [2.75, 3.05) is 0 Å². The van der Waals surface area contributed by atoms with Crippen LogP contribution in [0.2, 0.25) is 0 Å². The summed E-state index contributed by atoms with van der Waals surface area (Å²) in [6.45, 7) is 7.39. The highest BCUT2D eigenvalue weighted by molar-refractivity contribution is 5.25. The molecule has 0 aliphatic carbocycles. The van der Waals surface area contributed by atoms with Crippen molar-refractivity contribution in [3.8, 4) is 0 Å². The highest BCUT2D eigenvalue weighted by atomic mass is 16.4. The van der Waals surface area contributed by atoms with Crippen LogP contribution in [0.3, 0.4) is 0 Å². The quantitative estimate of drug-likeness (QED) is 0.822. The minimum Gasteiger partial charge on any atom is -0.387 e. The van der Waals surface area contributed by atoms with Crippen LogP contribution in [0.4, 0.5) is 0 Å². The Morgan fingerprint density at radius 1 is 1.06 bits per heavy atom. The second-order valence-corrected chi connectivity index (χ2v) is 5.38. The Kier molecular flexibility index (Phi) is 3.76. The van der Waals surface area contributed by atoms with Gasteiger partial charge in [-0.2, -0.15) is 0 Å². The van der Waals surface area contributed by atoms with E-state index in [4.69, 9.17) is 0 Å². The smallest absolute Gasteiger partial charge is 0.118 e. The van der Waals surface area contributed by atoms with Crippen LogP contribution < -0.4 is 0 Å². The van der Waals surface area contributed by atoms with Gasteiger partial charge in [0.1, 0.15) is 5.60 Å². The Bertz CT molecular complexity index is 324. The van der Waals surface area contributed by atoms with Crippen LogP contribution >= 0.6 is 0 Å². The fourth-order valence-corrected chi connectivity index (χ4v) is 2.03. The van der Waals surface area contributed by atoms with E-state index < -0.39 is 11.2 Å². The predicted octanol–water partition coefficient (Wildman–Crippen LogP) is 2.69. The molecule has 0 heterocycles. The first kappa shape index (κ1) is 13.2. The van der Waals surface area contributed by atoms with Gasteiger partial charge in [-0.1, -0.05) is 44.2 Å². The van der Waals surface area contributed by atoms with Gasteiger partial charge in [0.25, 0.3) is 0 Å². The van der Waals surface area contributed by atoms with Gasteiger partial charge in [-0.25, -0.2) is 0 Å². The molecule has 0 aromatic heterocycles. The van der Waals surface area contributed by atoms with Gasteiger partial charge in [0.15, 0.2) is 0 Å². The Morgan fingerprint density at radius 2 is 1.56 bits per heavy atom. The van der Waals surface area contributed by atoms with E-state index in [-0.39, 0.29) is 0 Å². The summed E-state index contributed by atoms with van der Waals surface area (Å²) in [5.74, 6) is 0.316. The van der Waals surface area contributed by atoms with Crippen molar-refractivity contribution >= 4 is 0 Å². The maximum Gasteiger partial charge on any atom is 0.118 e. The summed E-state index contributed by atoms with van der Waals surface area (Å²) >= 11 is 0. The summed E-state index contributed by atoms with van der Waals surface area (Å²) in [5, 5.41) is 20.9. The van der Waals surface area contributed by atoms with Gasteiger partial charge in [-0.3, -0.25) is 0 Å². The highest BCUT2D eigenvalue weighted by Gasteiger charge is 2.43. The topological polar surface area (TPSA) is 40.5 Å². The second-order valence-electron chi connectivity index (χ2n) is 5.38. The third kappa shape index (κ3) is 2.63. The van der Waals surface area contributed by atoms with Crippen LogP contribution in [0.25, 0.3) is 0 Å². The molecule has 90 valence electrons. The third-order valence-electron chi connectivity index (χ3n) is 2.97. The first-order chi connectivity index (χ1) is 7.27. The summed E-state index contributed by atoms with van der Waals surface area (Å²) in [6.07, 6.45) is 0.542. The number of benzene rings is 1. The van der Waals surface area contributed by atoms with Crippen LogP contribution in [-0.4, -0.2) is 15.8 Å². The van der Waals surface area contributed by atoms with Crippen molar-refractivity contribution in [3.63, 3.8) is 0 Å². The molecule has 0 spiro atoms. The predicted molar refractivity (Wildman–Crippen MR) is 66.1 cm³/mol. The lowest BCUT2D eigenvalue weighted by Crippen LogP contribution is -2.48. The molecule has 0 aliphatic rings. The van der Waals surface area contributed by atoms with E-state index in [1.165, 1.54) is 0 Å². The van der Waals surface area contributed by atoms with Crippen LogP contribution in [0.15, 0.2) is 30.3 Å². The number of aliphatic hydroxyl groups is 2. The van der Waals surface area contributed by atoms with Crippen LogP contribution in [-0.2, 0) is 5.60 Å². The molecule has 1 aromatic carbocycles. The standard InChI is InChI=1S/C14H22O2/c1-11(2)10-14(16,13(3,4)15)12-8-6-5-7-9-12/h5-9,11,15-16H,10H2,1-4H3/t14-/m0/s1. The minimum atomic E-state index is -1.19. The van der Waals surface area contributed by atoms with E-state index in [0.29, 0.717) is 12.3 Å². The maximum atomic E-state index is 10.7. The zero-order chi connectivity index (χ0) is 12.4. The Morgan fingerprint density at radius 3 is 1.94 bits per heavy atom. The monoisotopic (exact) mass is 222 g/mol. The minimum absolute atomic E-state index is 0.316. The largest absolute Gasteiger partial charge is 0.387 e. The molecule has 16 heavy (non-hydrogen) atoms. The second kappa shape index (κ2) is 4.56. The van der Waals surface area contributed by atoms with Crippen LogP contribution in [0.1, 0.15) is 39.7 Å². The van der Waals surface area contributed by atoms with Gasteiger partial charge in [0.05, 0.1) is 5.60 Å². The molecule has 0 fully saturated rings. The van der Waals surface area contributed by atoms with E-state index in [0.717, 1.165) is 5.56 Å². The Hall–Kier alpha value is -0.860. The third-order valence-corrected chi connectivity index (χ3v) is 2.97. The summed E-state index contributed by atoms with van der Waals surface area (Å²) in [5.41, 5.74) is -1.57. The summed E-state index contributed by atoms with van der Waals surface area (Å²) in [6, 6.07) is 9.39. The molecule has 2 nitrogen and oxygen atoms in total. The average Bonchev–Trinajstić information content (AvgIpc) is 2.16. The van der Waals surface area contributed by atoms with Crippen molar-refractivity contribution in [1.82, 2.24) is 0 Å². The Balaban J connectivity index is 3.16. The van der Waals surface area contributed by atoms with Gasteiger partial charge >= 0.3 is 0 Å². The number of rotatable bonds is 4. The van der Waals surface area contributed by atoms with Gasteiger partial charge in [-0.15, -0.1) is 0 Å². The van der Waals surface area contributed by atoms with Gasteiger partial charge < -0.3 is 10.2 Å². The van der Waals surface area contributed by atoms with E-state index in [9.17, 15) is 10.2 Å². The molecule has 0 unspecified atom stereocenters.